The first-order valence-corrected chi connectivity index (χ1v) is 11.3. The summed E-state index contributed by atoms with van der Waals surface area (Å²) in [5.74, 6) is 0.180. The zero-order valence-corrected chi connectivity index (χ0v) is 19.3. The highest BCUT2D eigenvalue weighted by atomic mass is 16.1. The summed E-state index contributed by atoms with van der Waals surface area (Å²) in [6, 6.07) is 9.89. The third-order valence-electron chi connectivity index (χ3n) is 6.08. The minimum Gasteiger partial charge on any atom is -0.321 e. The van der Waals surface area contributed by atoms with Gasteiger partial charge in [-0.2, -0.15) is 10.4 Å². The predicted octanol–water partition coefficient (Wildman–Crippen LogP) is 4.39. The highest BCUT2D eigenvalue weighted by molar-refractivity contribution is 5.96. The molecule has 0 spiro atoms. The normalized spacial score (nSPS) is 15.7. The Labute approximate surface area is 194 Å². The topological polar surface area (TPSA) is 99.7 Å². The molecule has 1 aliphatic rings. The van der Waals surface area contributed by atoms with Gasteiger partial charge in [-0.05, 0) is 52.4 Å². The lowest BCUT2D eigenvalue weighted by molar-refractivity contribution is 0.0973. The molecule has 0 saturated carbocycles. The maximum atomic E-state index is 12.3. The Balaban J connectivity index is 1.47. The number of hydrogen-bond donors (Lipinski definition) is 1. The van der Waals surface area contributed by atoms with E-state index in [-0.39, 0.29) is 18.1 Å². The quantitative estimate of drug-likeness (QED) is 0.541. The largest absolute Gasteiger partial charge is 0.321 e. The van der Waals surface area contributed by atoms with Crippen LogP contribution in [-0.4, -0.2) is 50.6 Å². The van der Waals surface area contributed by atoms with Crippen molar-refractivity contribution < 1.29 is 4.79 Å². The second-order valence-electron chi connectivity index (χ2n) is 8.83. The van der Waals surface area contributed by atoms with Crippen molar-refractivity contribution in [2.24, 2.45) is 5.92 Å². The molecule has 1 fully saturated rings. The Kier molecular flexibility index (Phi) is 6.80. The van der Waals surface area contributed by atoms with Gasteiger partial charge >= 0.3 is 0 Å². The number of aromatic nitrogens is 4. The van der Waals surface area contributed by atoms with Crippen LogP contribution in [0.15, 0.2) is 42.9 Å². The van der Waals surface area contributed by atoms with Crippen LogP contribution in [0.25, 0.3) is 11.3 Å². The molecule has 1 saturated heterocycles. The number of nitrogens with one attached hydrogen (secondary N) is 1. The predicted molar refractivity (Wildman–Crippen MR) is 127 cm³/mol. The van der Waals surface area contributed by atoms with Gasteiger partial charge in [-0.25, -0.2) is 9.97 Å². The number of nitriles is 1. The molecular weight excluding hydrogens is 414 g/mol. The van der Waals surface area contributed by atoms with E-state index in [2.05, 4.69) is 33.4 Å². The first-order valence-electron chi connectivity index (χ1n) is 11.3. The summed E-state index contributed by atoms with van der Waals surface area (Å²) < 4.78 is 2.04. The number of piperidine rings is 1. The van der Waals surface area contributed by atoms with Gasteiger partial charge in [-0.3, -0.25) is 9.48 Å². The van der Waals surface area contributed by atoms with E-state index in [1.54, 1.807) is 25.3 Å². The Morgan fingerprint density at radius 2 is 1.97 bits per heavy atom. The summed E-state index contributed by atoms with van der Waals surface area (Å²) in [5.41, 5.74) is 4.12. The lowest BCUT2D eigenvalue weighted by Crippen LogP contribution is -2.31. The Hall–Kier alpha value is -3.57. The summed E-state index contributed by atoms with van der Waals surface area (Å²) in [6.07, 6.45) is 8.03. The minimum atomic E-state index is -0.293. The van der Waals surface area contributed by atoms with Crippen molar-refractivity contribution in [1.29, 1.82) is 5.26 Å². The van der Waals surface area contributed by atoms with E-state index >= 15 is 0 Å². The second kappa shape index (κ2) is 9.92. The van der Waals surface area contributed by atoms with Crippen molar-refractivity contribution >= 4 is 17.4 Å². The molecule has 3 aromatic rings. The lowest BCUT2D eigenvalue weighted by Gasteiger charge is -2.28. The van der Waals surface area contributed by atoms with Crippen LogP contribution in [0.5, 0.6) is 0 Å². The van der Waals surface area contributed by atoms with Crippen molar-refractivity contribution in [3.8, 4) is 17.3 Å². The molecule has 0 unspecified atom stereocenters. The molecule has 33 heavy (non-hydrogen) atoms. The van der Waals surface area contributed by atoms with Gasteiger partial charge in [0, 0.05) is 29.9 Å². The SMILES string of the molecule is Cc1cnc(Nc2cnn(C3CCN(C)CC3)c2)nc1-c1ccc(C(=O)C[C@H](C)C#N)cc1. The maximum Gasteiger partial charge on any atom is 0.227 e. The van der Waals surface area contributed by atoms with Gasteiger partial charge < -0.3 is 10.2 Å². The third-order valence-corrected chi connectivity index (χ3v) is 6.08. The summed E-state index contributed by atoms with van der Waals surface area (Å²) >= 11 is 0. The third kappa shape index (κ3) is 5.44. The molecule has 1 N–H and O–H groups in total. The van der Waals surface area contributed by atoms with Crippen LogP contribution in [0.3, 0.4) is 0 Å². The first kappa shape index (κ1) is 22.6. The van der Waals surface area contributed by atoms with Crippen molar-refractivity contribution in [2.75, 3.05) is 25.5 Å². The fourth-order valence-electron chi connectivity index (χ4n) is 4.04. The Morgan fingerprint density at radius 1 is 1.24 bits per heavy atom. The Morgan fingerprint density at radius 3 is 2.67 bits per heavy atom. The number of carbonyl (C=O) groups is 1. The summed E-state index contributed by atoms with van der Waals surface area (Å²) in [4.78, 5) is 23.8. The van der Waals surface area contributed by atoms with Crippen LogP contribution in [0.4, 0.5) is 11.6 Å². The van der Waals surface area contributed by atoms with Gasteiger partial charge in [0.2, 0.25) is 5.95 Å². The van der Waals surface area contributed by atoms with Crippen LogP contribution in [0.2, 0.25) is 0 Å². The molecule has 4 rings (SSSR count). The zero-order chi connectivity index (χ0) is 23.4. The molecule has 0 aliphatic carbocycles. The van der Waals surface area contributed by atoms with Crippen LogP contribution in [-0.2, 0) is 0 Å². The van der Waals surface area contributed by atoms with Crippen molar-refractivity contribution in [3.05, 3.63) is 54.0 Å². The van der Waals surface area contributed by atoms with E-state index in [9.17, 15) is 4.79 Å². The molecule has 0 bridgehead atoms. The smallest absolute Gasteiger partial charge is 0.227 e. The highest BCUT2D eigenvalue weighted by Gasteiger charge is 2.19. The average molecular weight is 444 g/mol. The fraction of sp³-hybridized carbons (Fsp3) is 0.400. The van der Waals surface area contributed by atoms with Gasteiger partial charge in [0.1, 0.15) is 0 Å². The minimum absolute atomic E-state index is 0.0287. The molecule has 0 amide bonds. The summed E-state index contributed by atoms with van der Waals surface area (Å²) in [6.45, 7) is 5.88. The molecule has 8 heteroatoms. The molecular formula is C25H29N7O. The molecule has 8 nitrogen and oxygen atoms in total. The van der Waals surface area contributed by atoms with Crippen LogP contribution >= 0.6 is 0 Å². The van der Waals surface area contributed by atoms with Gasteiger partial charge in [0.05, 0.1) is 35.6 Å². The maximum absolute atomic E-state index is 12.3. The highest BCUT2D eigenvalue weighted by Crippen LogP contribution is 2.26. The number of ketones is 1. The molecule has 1 aromatic carbocycles. The summed E-state index contributed by atoms with van der Waals surface area (Å²) in [7, 11) is 2.15. The molecule has 3 heterocycles. The second-order valence-corrected chi connectivity index (χ2v) is 8.83. The van der Waals surface area contributed by atoms with Crippen LogP contribution in [0.1, 0.15) is 48.1 Å². The molecule has 2 aromatic heterocycles. The standard InChI is InChI=1S/C25H29N7O/c1-17(13-26)12-23(33)19-4-6-20(7-5-19)24-18(2)14-27-25(30-24)29-21-15-28-32(16-21)22-8-10-31(3)11-9-22/h4-7,14-17,22H,8-12H2,1-3H3,(H,27,29,30)/t17-/m0/s1. The van der Waals surface area contributed by atoms with Crippen LogP contribution < -0.4 is 5.32 Å². The fourth-order valence-corrected chi connectivity index (χ4v) is 4.04. The van der Waals surface area contributed by atoms with Gasteiger partial charge in [-0.15, -0.1) is 0 Å². The van der Waals surface area contributed by atoms with Gasteiger partial charge in [0.25, 0.3) is 0 Å². The Bertz CT molecular complexity index is 1150. The van der Waals surface area contributed by atoms with Gasteiger partial charge in [-0.1, -0.05) is 24.3 Å². The number of aryl methyl sites for hydroxylation is 1. The lowest BCUT2D eigenvalue weighted by atomic mass is 9.99. The molecule has 170 valence electrons. The number of rotatable bonds is 7. The number of carbonyl (C=O) groups excluding carboxylic acids is 1. The first-order chi connectivity index (χ1) is 15.9. The van der Waals surface area contributed by atoms with E-state index in [4.69, 9.17) is 10.2 Å². The molecule has 1 atom stereocenters. The molecule has 1 aliphatic heterocycles. The number of anilines is 2. The number of nitrogens with zero attached hydrogens (tertiary/aromatic N) is 6. The van der Waals surface area contributed by atoms with E-state index < -0.39 is 0 Å². The van der Waals surface area contributed by atoms with E-state index in [1.165, 1.54) is 0 Å². The molecule has 0 radical (unpaired) electrons. The van der Waals surface area contributed by atoms with E-state index in [1.807, 2.05) is 36.1 Å². The van der Waals surface area contributed by atoms with E-state index in [0.717, 1.165) is 48.4 Å². The monoisotopic (exact) mass is 443 g/mol. The van der Waals surface area contributed by atoms with E-state index in [0.29, 0.717) is 17.6 Å². The summed E-state index contributed by atoms with van der Waals surface area (Å²) in [5, 5.41) is 16.7. The number of likely N-dealkylation sites (tertiary alicyclic amines) is 1. The van der Waals surface area contributed by atoms with Crippen LogP contribution in [0, 0.1) is 24.2 Å². The van der Waals surface area contributed by atoms with Crippen molar-refractivity contribution in [3.63, 3.8) is 0 Å². The number of Topliss-reactive ketones (excluding diaryl/α,β-unsaturated/α-hetero) is 1. The number of benzene rings is 1. The zero-order valence-electron chi connectivity index (χ0n) is 19.3. The van der Waals surface area contributed by atoms with Crippen molar-refractivity contribution in [2.45, 2.75) is 39.2 Å². The van der Waals surface area contributed by atoms with Crippen molar-refractivity contribution in [1.82, 2.24) is 24.6 Å². The number of hydrogen-bond acceptors (Lipinski definition) is 7. The average Bonchev–Trinajstić information content (AvgIpc) is 3.29. The van der Waals surface area contributed by atoms with Gasteiger partial charge in [0.15, 0.2) is 5.78 Å².